The van der Waals surface area contributed by atoms with Gasteiger partial charge in [-0.1, -0.05) is 60.7 Å². The molecule has 1 unspecified atom stereocenters. The van der Waals surface area contributed by atoms with Gasteiger partial charge in [-0.3, -0.25) is 19.3 Å². The number of nitrogens with two attached hydrogens (primary N) is 1. The lowest BCUT2D eigenvalue weighted by molar-refractivity contribution is -0.136. The summed E-state index contributed by atoms with van der Waals surface area (Å²) in [5.74, 6) is -0.943. The number of anilines is 1. The molecule has 0 spiro atoms. The zero-order valence-corrected chi connectivity index (χ0v) is 23.0. The lowest BCUT2D eigenvalue weighted by atomic mass is 9.92. The number of fused-ring (bicyclic) bond motifs is 1. The number of Topliss-reactive ketones (excluding diaryl/α,β-unsaturated/α-hetero) is 1. The van der Waals surface area contributed by atoms with Crippen molar-refractivity contribution in [3.05, 3.63) is 101 Å². The molecule has 2 amide bonds. The van der Waals surface area contributed by atoms with Crippen LogP contribution in [0.4, 0.5) is 5.69 Å². The molecule has 4 rings (SSSR count). The molecule has 0 saturated heterocycles. The van der Waals surface area contributed by atoms with Gasteiger partial charge in [0, 0.05) is 24.2 Å². The number of ketones is 1. The molecule has 0 aliphatic carbocycles. The van der Waals surface area contributed by atoms with Gasteiger partial charge in [0.15, 0.2) is 5.78 Å². The molecule has 1 aliphatic heterocycles. The van der Waals surface area contributed by atoms with E-state index in [1.807, 2.05) is 37.3 Å². The highest BCUT2D eigenvalue weighted by molar-refractivity contribution is 5.98. The van der Waals surface area contributed by atoms with Crippen LogP contribution in [-0.2, 0) is 22.6 Å². The van der Waals surface area contributed by atoms with Crippen molar-refractivity contribution in [1.82, 2.24) is 10.2 Å². The molecule has 9 heteroatoms. The van der Waals surface area contributed by atoms with Gasteiger partial charge in [-0.15, -0.1) is 0 Å². The number of hydrogen-bond donors (Lipinski definition) is 4. The molecule has 1 heterocycles. The van der Waals surface area contributed by atoms with Crippen molar-refractivity contribution in [2.45, 2.75) is 57.5 Å². The Hall–Kier alpha value is -4.36. The van der Waals surface area contributed by atoms with E-state index in [1.54, 1.807) is 47.4 Å². The van der Waals surface area contributed by atoms with E-state index in [0.29, 0.717) is 29.8 Å². The second-order valence-corrected chi connectivity index (χ2v) is 10.2. The molecule has 5 N–H and O–H groups in total. The number of hydrogen-bond acceptors (Lipinski definition) is 7. The maximum absolute atomic E-state index is 13.7. The third kappa shape index (κ3) is 7.44. The summed E-state index contributed by atoms with van der Waals surface area (Å²) in [4.78, 5) is 41.3. The fourth-order valence-corrected chi connectivity index (χ4v) is 5.04. The minimum atomic E-state index is -1.05. The SMILES string of the molecule is Cc1ccc(C#N)cc1NC(=O)[C@H](CCN)NC(=O)[C@@H]1Cc2ccccc2CN1C(O)CCC(=O)c1ccccc1. The van der Waals surface area contributed by atoms with Crippen molar-refractivity contribution < 1.29 is 19.5 Å². The zero-order chi connectivity index (χ0) is 29.4. The molecule has 0 aromatic heterocycles. The second-order valence-electron chi connectivity index (χ2n) is 10.2. The van der Waals surface area contributed by atoms with Gasteiger partial charge in [0.2, 0.25) is 11.8 Å². The van der Waals surface area contributed by atoms with E-state index in [9.17, 15) is 24.8 Å². The van der Waals surface area contributed by atoms with Crippen molar-refractivity contribution >= 4 is 23.3 Å². The van der Waals surface area contributed by atoms with Crippen LogP contribution in [0.2, 0.25) is 0 Å². The van der Waals surface area contributed by atoms with Gasteiger partial charge in [-0.2, -0.15) is 5.26 Å². The first kappa shape index (κ1) is 29.6. The van der Waals surface area contributed by atoms with Crippen molar-refractivity contribution in [1.29, 1.82) is 5.26 Å². The molecule has 0 fully saturated rings. The van der Waals surface area contributed by atoms with Crippen molar-refractivity contribution in [3.63, 3.8) is 0 Å². The Morgan fingerprint density at radius 3 is 2.46 bits per heavy atom. The zero-order valence-electron chi connectivity index (χ0n) is 23.0. The number of carbonyl (C=O) groups excluding carboxylic acids is 3. The first-order valence-corrected chi connectivity index (χ1v) is 13.7. The molecular formula is C32H35N5O4. The van der Waals surface area contributed by atoms with Gasteiger partial charge in [0.05, 0.1) is 17.7 Å². The highest BCUT2D eigenvalue weighted by Gasteiger charge is 2.36. The van der Waals surface area contributed by atoms with Crippen LogP contribution < -0.4 is 16.4 Å². The molecule has 0 radical (unpaired) electrons. The Balaban J connectivity index is 1.50. The van der Waals surface area contributed by atoms with E-state index < -0.39 is 30.1 Å². The fourth-order valence-electron chi connectivity index (χ4n) is 5.04. The number of carbonyl (C=O) groups is 3. The minimum Gasteiger partial charge on any atom is -0.378 e. The maximum Gasteiger partial charge on any atom is 0.247 e. The summed E-state index contributed by atoms with van der Waals surface area (Å²) in [6.07, 6.45) is -0.236. The summed E-state index contributed by atoms with van der Waals surface area (Å²) in [5, 5.41) is 26.1. The lowest BCUT2D eigenvalue weighted by Gasteiger charge is -2.39. The summed E-state index contributed by atoms with van der Waals surface area (Å²) in [5.41, 5.74) is 10.0. The average Bonchev–Trinajstić information content (AvgIpc) is 3.00. The van der Waals surface area contributed by atoms with Gasteiger partial charge < -0.3 is 21.5 Å². The summed E-state index contributed by atoms with van der Waals surface area (Å²) < 4.78 is 0. The summed E-state index contributed by atoms with van der Waals surface area (Å²) in [7, 11) is 0. The van der Waals surface area contributed by atoms with Crippen LogP contribution >= 0.6 is 0 Å². The molecule has 212 valence electrons. The Bertz CT molecular complexity index is 1440. The number of nitrogens with zero attached hydrogens (tertiary/aromatic N) is 2. The van der Waals surface area contributed by atoms with E-state index in [1.165, 1.54) is 0 Å². The monoisotopic (exact) mass is 553 g/mol. The predicted octanol–water partition coefficient (Wildman–Crippen LogP) is 3.05. The Morgan fingerprint density at radius 1 is 1.05 bits per heavy atom. The third-order valence-corrected chi connectivity index (χ3v) is 7.41. The molecular weight excluding hydrogens is 518 g/mol. The van der Waals surface area contributed by atoms with Gasteiger partial charge in [-0.25, -0.2) is 0 Å². The topological polar surface area (TPSA) is 149 Å². The third-order valence-electron chi connectivity index (χ3n) is 7.41. The van der Waals surface area contributed by atoms with Crippen LogP contribution in [0.3, 0.4) is 0 Å². The fraction of sp³-hybridized carbons (Fsp3) is 0.312. The number of nitrogens with one attached hydrogen (secondary N) is 2. The summed E-state index contributed by atoms with van der Waals surface area (Å²) in [6, 6.07) is 22.0. The first-order valence-electron chi connectivity index (χ1n) is 13.7. The number of amides is 2. The van der Waals surface area contributed by atoms with E-state index >= 15 is 0 Å². The predicted molar refractivity (Wildman–Crippen MR) is 156 cm³/mol. The molecule has 0 bridgehead atoms. The van der Waals surface area contributed by atoms with Crippen molar-refractivity contribution in [2.75, 3.05) is 11.9 Å². The quantitative estimate of drug-likeness (QED) is 0.267. The molecule has 0 saturated carbocycles. The number of aliphatic hydroxyl groups is 1. The normalized spacial score (nSPS) is 16.1. The van der Waals surface area contributed by atoms with Gasteiger partial charge in [0.25, 0.3) is 0 Å². The van der Waals surface area contributed by atoms with Crippen LogP contribution in [0.15, 0.2) is 72.8 Å². The van der Waals surface area contributed by atoms with Crippen LogP contribution in [-0.4, -0.2) is 52.5 Å². The standard InChI is InChI=1S/C32H35N5O4/c1-21-11-12-22(19-34)17-27(21)36-31(40)26(15-16-33)35-32(41)28-18-24-9-5-6-10-25(24)20-37(28)30(39)14-13-29(38)23-7-3-2-4-8-23/h2-12,17,26,28,30,39H,13-16,18,20,33H2,1H3,(H,35,41)(H,36,40)/t26-,28-,30?/m0/s1. The average molecular weight is 554 g/mol. The van der Waals surface area contributed by atoms with Crippen LogP contribution in [0.1, 0.15) is 51.9 Å². The maximum atomic E-state index is 13.7. The van der Waals surface area contributed by atoms with E-state index in [0.717, 1.165) is 16.7 Å². The molecule has 3 aromatic carbocycles. The number of aliphatic hydroxyl groups excluding tert-OH is 1. The smallest absolute Gasteiger partial charge is 0.247 e. The molecule has 3 aromatic rings. The number of nitriles is 1. The summed E-state index contributed by atoms with van der Waals surface area (Å²) >= 11 is 0. The first-order chi connectivity index (χ1) is 19.8. The lowest BCUT2D eigenvalue weighted by Crippen LogP contribution is -2.57. The van der Waals surface area contributed by atoms with E-state index in [2.05, 4.69) is 16.7 Å². The van der Waals surface area contributed by atoms with Gasteiger partial charge in [-0.05, 0) is 61.6 Å². The van der Waals surface area contributed by atoms with Crippen molar-refractivity contribution in [3.8, 4) is 6.07 Å². The molecule has 1 aliphatic rings. The Morgan fingerprint density at radius 2 is 1.76 bits per heavy atom. The van der Waals surface area contributed by atoms with Crippen LogP contribution in [0, 0.1) is 18.3 Å². The number of benzene rings is 3. The van der Waals surface area contributed by atoms with Crippen LogP contribution in [0.25, 0.3) is 0 Å². The largest absolute Gasteiger partial charge is 0.378 e. The number of rotatable bonds is 11. The van der Waals surface area contributed by atoms with Crippen LogP contribution in [0.5, 0.6) is 0 Å². The van der Waals surface area contributed by atoms with Gasteiger partial charge >= 0.3 is 0 Å². The second kappa shape index (κ2) is 13.8. The highest BCUT2D eigenvalue weighted by atomic mass is 16.3. The summed E-state index contributed by atoms with van der Waals surface area (Å²) in [6.45, 7) is 2.30. The minimum absolute atomic E-state index is 0.0847. The Kier molecular flexibility index (Phi) is 9.98. The molecule has 9 nitrogen and oxygen atoms in total. The molecule has 41 heavy (non-hydrogen) atoms. The van der Waals surface area contributed by atoms with E-state index in [4.69, 9.17) is 5.73 Å². The molecule has 3 atom stereocenters. The van der Waals surface area contributed by atoms with E-state index in [-0.39, 0.29) is 31.6 Å². The highest BCUT2D eigenvalue weighted by Crippen LogP contribution is 2.27. The Labute approximate surface area is 240 Å². The number of aryl methyl sites for hydroxylation is 1. The van der Waals surface area contributed by atoms with Gasteiger partial charge in [0.1, 0.15) is 12.3 Å². The van der Waals surface area contributed by atoms with Crippen molar-refractivity contribution in [2.24, 2.45) is 5.73 Å².